The van der Waals surface area contributed by atoms with Gasteiger partial charge < -0.3 is 4.43 Å². The largest absolute Gasteiger partial charge is 0.424 e. The minimum atomic E-state index is -0.185. The Labute approximate surface area is 67.1 Å². The van der Waals surface area contributed by atoms with Crippen LogP contribution in [-0.2, 0) is 4.43 Å². The van der Waals surface area contributed by atoms with Gasteiger partial charge in [0.15, 0.2) is 9.76 Å². The Balaban J connectivity index is 2.89. The van der Waals surface area contributed by atoms with Crippen LogP contribution in [0.2, 0.25) is 5.54 Å². The van der Waals surface area contributed by atoms with Crippen LogP contribution in [0.5, 0.6) is 0 Å². The van der Waals surface area contributed by atoms with Gasteiger partial charge in [0.2, 0.25) is 0 Å². The molecule has 1 atom stereocenters. The summed E-state index contributed by atoms with van der Waals surface area (Å²) >= 11 is 0. The van der Waals surface area contributed by atoms with Crippen LogP contribution in [0.15, 0.2) is 0 Å². The quantitative estimate of drug-likeness (QED) is 0.427. The van der Waals surface area contributed by atoms with E-state index >= 15 is 0 Å². The molecule has 0 saturated heterocycles. The number of hydrogen-bond acceptors (Lipinski definition) is 1. The summed E-state index contributed by atoms with van der Waals surface area (Å²) in [6.45, 7) is 7.74. The Morgan fingerprint density at radius 2 is 2.10 bits per heavy atom. The van der Waals surface area contributed by atoms with Gasteiger partial charge >= 0.3 is 0 Å². The first-order valence-electron chi connectivity index (χ1n) is 4.39. The van der Waals surface area contributed by atoms with E-state index in [0.29, 0.717) is 0 Å². The zero-order chi connectivity index (χ0) is 7.82. The van der Waals surface area contributed by atoms with Crippen molar-refractivity contribution in [1.82, 2.24) is 0 Å². The van der Waals surface area contributed by atoms with Crippen molar-refractivity contribution in [3.05, 3.63) is 0 Å². The highest BCUT2D eigenvalue weighted by Crippen LogP contribution is 2.05. The Morgan fingerprint density at radius 3 is 2.60 bits per heavy atom. The average molecular weight is 160 g/mol. The second kappa shape index (κ2) is 7.29. The molecule has 0 aliphatic rings. The Bertz CT molecular complexity index is 66.3. The molecule has 0 aliphatic carbocycles. The molecule has 1 unspecified atom stereocenters. The minimum absolute atomic E-state index is 0.185. The number of hydrogen-bond donors (Lipinski definition) is 0. The second-order valence-corrected chi connectivity index (χ2v) is 5.08. The third-order valence-corrected chi connectivity index (χ3v) is 3.41. The van der Waals surface area contributed by atoms with E-state index in [0.717, 1.165) is 12.1 Å². The van der Waals surface area contributed by atoms with Gasteiger partial charge in [-0.25, -0.2) is 0 Å². The molecule has 0 radical (unpaired) electrons. The van der Waals surface area contributed by atoms with Crippen molar-refractivity contribution in [3.63, 3.8) is 0 Å². The molecule has 0 aromatic heterocycles. The fourth-order valence-electron chi connectivity index (χ4n) is 0.649. The first-order chi connectivity index (χ1) is 4.81. The molecule has 0 bridgehead atoms. The molecule has 1 nitrogen and oxygen atoms in total. The predicted octanol–water partition coefficient (Wildman–Crippen LogP) is 2.11. The van der Waals surface area contributed by atoms with Crippen molar-refractivity contribution < 1.29 is 4.43 Å². The molecule has 0 aliphatic heterocycles. The summed E-state index contributed by atoms with van der Waals surface area (Å²) in [7, 11) is -0.185. The van der Waals surface area contributed by atoms with Gasteiger partial charge in [-0.05, 0) is 12.0 Å². The molecule has 10 heavy (non-hydrogen) atoms. The maximum Gasteiger partial charge on any atom is 0.164 e. The van der Waals surface area contributed by atoms with Gasteiger partial charge in [-0.1, -0.05) is 33.6 Å². The first-order valence-corrected chi connectivity index (χ1v) is 5.78. The standard InChI is InChI=1S/C8H20OSi/c1-4-6-7-9-10-8(3)5-2/h8H,4-7,10H2,1-3H3. The van der Waals surface area contributed by atoms with Crippen molar-refractivity contribution >= 4 is 9.76 Å². The van der Waals surface area contributed by atoms with E-state index in [4.69, 9.17) is 4.43 Å². The van der Waals surface area contributed by atoms with Gasteiger partial charge in [0.1, 0.15) is 0 Å². The summed E-state index contributed by atoms with van der Waals surface area (Å²) in [4.78, 5) is 0. The Morgan fingerprint density at radius 1 is 1.40 bits per heavy atom. The number of unbranched alkanes of at least 4 members (excludes halogenated alkanes) is 1. The molecular weight excluding hydrogens is 140 g/mol. The molecule has 0 fully saturated rings. The fourth-order valence-corrected chi connectivity index (χ4v) is 1.66. The fraction of sp³-hybridized carbons (Fsp3) is 1.00. The second-order valence-electron chi connectivity index (χ2n) is 2.94. The van der Waals surface area contributed by atoms with Crippen molar-refractivity contribution in [2.75, 3.05) is 6.61 Å². The van der Waals surface area contributed by atoms with Gasteiger partial charge in [-0.15, -0.1) is 0 Å². The lowest BCUT2D eigenvalue weighted by atomic mass is 10.4. The summed E-state index contributed by atoms with van der Waals surface area (Å²) in [6.07, 6.45) is 3.79. The number of rotatable bonds is 6. The van der Waals surface area contributed by atoms with Crippen LogP contribution < -0.4 is 0 Å². The van der Waals surface area contributed by atoms with E-state index < -0.39 is 0 Å². The molecule has 0 saturated carbocycles. The van der Waals surface area contributed by atoms with E-state index in [1.807, 2.05) is 0 Å². The van der Waals surface area contributed by atoms with Crippen molar-refractivity contribution in [2.24, 2.45) is 0 Å². The Hall–Kier alpha value is 0.177. The third-order valence-electron chi connectivity index (χ3n) is 1.74. The molecule has 0 N–H and O–H groups in total. The highest BCUT2D eigenvalue weighted by Gasteiger charge is 1.98. The summed E-state index contributed by atoms with van der Waals surface area (Å²) < 4.78 is 5.57. The van der Waals surface area contributed by atoms with Gasteiger partial charge in [0, 0.05) is 6.61 Å². The topological polar surface area (TPSA) is 9.23 Å². The molecule has 0 spiro atoms. The van der Waals surface area contributed by atoms with Crippen LogP contribution in [0.25, 0.3) is 0 Å². The highest BCUT2D eigenvalue weighted by molar-refractivity contribution is 6.29. The molecule has 0 aromatic carbocycles. The first kappa shape index (κ1) is 10.2. The van der Waals surface area contributed by atoms with Gasteiger partial charge in [-0.3, -0.25) is 0 Å². The molecule has 0 amide bonds. The minimum Gasteiger partial charge on any atom is -0.424 e. The van der Waals surface area contributed by atoms with Crippen molar-refractivity contribution in [2.45, 2.75) is 45.6 Å². The van der Waals surface area contributed by atoms with Gasteiger partial charge in [0.25, 0.3) is 0 Å². The summed E-state index contributed by atoms with van der Waals surface area (Å²) in [5.74, 6) is 0. The summed E-state index contributed by atoms with van der Waals surface area (Å²) in [5, 5.41) is 0. The van der Waals surface area contributed by atoms with Gasteiger partial charge in [-0.2, -0.15) is 0 Å². The van der Waals surface area contributed by atoms with Crippen LogP contribution in [-0.4, -0.2) is 16.4 Å². The van der Waals surface area contributed by atoms with Crippen LogP contribution >= 0.6 is 0 Å². The van der Waals surface area contributed by atoms with E-state index in [1.54, 1.807) is 0 Å². The van der Waals surface area contributed by atoms with Crippen LogP contribution in [0.1, 0.15) is 40.0 Å². The summed E-state index contributed by atoms with van der Waals surface area (Å²) in [6, 6.07) is 0. The zero-order valence-electron chi connectivity index (χ0n) is 7.52. The molecule has 2 heteroatoms. The smallest absolute Gasteiger partial charge is 0.164 e. The maximum absolute atomic E-state index is 5.57. The lowest BCUT2D eigenvalue weighted by Gasteiger charge is -2.07. The van der Waals surface area contributed by atoms with E-state index in [2.05, 4.69) is 20.8 Å². The molecule has 0 aromatic rings. The lowest BCUT2D eigenvalue weighted by Crippen LogP contribution is -2.05. The van der Waals surface area contributed by atoms with E-state index in [1.165, 1.54) is 19.3 Å². The SMILES string of the molecule is CCCCO[SiH2]C(C)CC. The lowest BCUT2D eigenvalue weighted by molar-refractivity contribution is 0.320. The zero-order valence-corrected chi connectivity index (χ0v) is 8.94. The highest BCUT2D eigenvalue weighted by atomic mass is 28.2. The molecule has 0 heterocycles. The predicted molar refractivity (Wildman–Crippen MR) is 49.1 cm³/mol. The normalized spacial score (nSPS) is 14.7. The molecule has 0 rings (SSSR count). The van der Waals surface area contributed by atoms with Crippen LogP contribution in [0, 0.1) is 0 Å². The van der Waals surface area contributed by atoms with Crippen LogP contribution in [0.3, 0.4) is 0 Å². The van der Waals surface area contributed by atoms with Crippen molar-refractivity contribution in [1.29, 1.82) is 0 Å². The third kappa shape index (κ3) is 6.30. The van der Waals surface area contributed by atoms with Gasteiger partial charge in [0.05, 0.1) is 0 Å². The van der Waals surface area contributed by atoms with Crippen molar-refractivity contribution in [3.8, 4) is 0 Å². The van der Waals surface area contributed by atoms with Crippen LogP contribution in [0.4, 0.5) is 0 Å². The Kier molecular flexibility index (Phi) is 7.41. The summed E-state index contributed by atoms with van der Waals surface area (Å²) in [5.41, 5.74) is 0.872. The monoisotopic (exact) mass is 160 g/mol. The molecular formula is C8H20OSi. The van der Waals surface area contributed by atoms with E-state index in [9.17, 15) is 0 Å². The maximum atomic E-state index is 5.57. The molecule has 62 valence electrons. The van der Waals surface area contributed by atoms with E-state index in [-0.39, 0.29) is 9.76 Å². The average Bonchev–Trinajstić information content (AvgIpc) is 1.98.